The minimum atomic E-state index is -1.39. The molecule has 0 aromatic carbocycles. The first kappa shape index (κ1) is 12.4. The zero-order chi connectivity index (χ0) is 13.6. The van der Waals surface area contributed by atoms with Gasteiger partial charge >= 0.3 is 0 Å². The summed E-state index contributed by atoms with van der Waals surface area (Å²) in [5.74, 6) is 0. The van der Waals surface area contributed by atoms with Crippen LogP contribution in [0.2, 0.25) is 0 Å². The van der Waals surface area contributed by atoms with Crippen LogP contribution in [-0.2, 0) is 4.74 Å². The first-order chi connectivity index (χ1) is 9.13. The van der Waals surface area contributed by atoms with Crippen molar-refractivity contribution in [3.8, 4) is 0 Å². The molecule has 102 valence electrons. The maximum Gasteiger partial charge on any atom is 0.166 e. The second-order valence-corrected chi connectivity index (χ2v) is 4.69. The molecule has 0 amide bonds. The van der Waals surface area contributed by atoms with Gasteiger partial charge in [-0.05, 0) is 13.3 Å². The van der Waals surface area contributed by atoms with E-state index in [0.29, 0.717) is 17.6 Å². The van der Waals surface area contributed by atoms with Gasteiger partial charge in [-0.3, -0.25) is 4.57 Å². The van der Waals surface area contributed by atoms with E-state index in [1.165, 1.54) is 12.7 Å². The van der Waals surface area contributed by atoms with Crippen molar-refractivity contribution in [3.05, 3.63) is 18.3 Å². The van der Waals surface area contributed by atoms with Crippen molar-refractivity contribution in [3.63, 3.8) is 0 Å². The van der Waals surface area contributed by atoms with Gasteiger partial charge < -0.3 is 9.84 Å². The van der Waals surface area contributed by atoms with Crippen molar-refractivity contribution in [1.82, 2.24) is 19.5 Å². The zero-order valence-corrected chi connectivity index (χ0v) is 10.7. The van der Waals surface area contributed by atoms with Gasteiger partial charge in [0.15, 0.2) is 18.0 Å². The molecule has 0 radical (unpaired) electrons. The third-order valence-electron chi connectivity index (χ3n) is 3.51. The van der Waals surface area contributed by atoms with Gasteiger partial charge in [-0.1, -0.05) is 6.92 Å². The second kappa shape index (κ2) is 4.50. The quantitative estimate of drug-likeness (QED) is 0.882. The number of alkyl halides is 1. The van der Waals surface area contributed by atoms with Crippen LogP contribution in [0.15, 0.2) is 12.7 Å². The molecule has 2 aromatic heterocycles. The summed E-state index contributed by atoms with van der Waals surface area (Å²) in [6.07, 6.45) is -0.561. The van der Waals surface area contributed by atoms with Gasteiger partial charge in [-0.25, -0.2) is 19.3 Å². The molecular weight excluding hydrogens is 251 g/mol. The number of fused-ring (bicyclic) bond motifs is 1. The molecule has 3 heterocycles. The highest BCUT2D eigenvalue weighted by Crippen LogP contribution is 2.34. The maximum atomic E-state index is 13.9. The summed E-state index contributed by atoms with van der Waals surface area (Å²) < 4.78 is 21.0. The molecule has 1 saturated heterocycles. The van der Waals surface area contributed by atoms with Gasteiger partial charge in [0.1, 0.15) is 17.9 Å². The minimum Gasteiger partial charge on any atom is -0.385 e. The van der Waals surface area contributed by atoms with Crippen LogP contribution in [0.3, 0.4) is 0 Å². The molecule has 0 spiro atoms. The number of hydrogen-bond acceptors (Lipinski definition) is 5. The molecule has 2 aromatic rings. The van der Waals surface area contributed by atoms with Crippen LogP contribution in [0.5, 0.6) is 0 Å². The van der Waals surface area contributed by atoms with Crippen LogP contribution in [0.25, 0.3) is 11.2 Å². The van der Waals surface area contributed by atoms with Crippen molar-refractivity contribution < 1.29 is 14.2 Å². The van der Waals surface area contributed by atoms with Gasteiger partial charge in [0.05, 0.1) is 18.1 Å². The fourth-order valence-electron chi connectivity index (χ4n) is 2.42. The second-order valence-electron chi connectivity index (χ2n) is 4.69. The van der Waals surface area contributed by atoms with Crippen molar-refractivity contribution in [2.45, 2.75) is 44.9 Å². The molecule has 0 bridgehead atoms. The maximum absolute atomic E-state index is 13.9. The molecule has 0 aliphatic carbocycles. The number of nitrogens with zero attached hydrogens (tertiary/aromatic N) is 4. The van der Waals surface area contributed by atoms with E-state index in [9.17, 15) is 9.50 Å². The first-order valence-electron chi connectivity index (χ1n) is 6.25. The lowest BCUT2D eigenvalue weighted by molar-refractivity contribution is -0.0355. The average Bonchev–Trinajstić information content (AvgIpc) is 2.94. The van der Waals surface area contributed by atoms with E-state index in [0.717, 1.165) is 5.69 Å². The van der Waals surface area contributed by atoms with Crippen LogP contribution in [0.1, 0.15) is 25.3 Å². The lowest BCUT2D eigenvalue weighted by atomic mass is 10.1. The van der Waals surface area contributed by atoms with Crippen LogP contribution >= 0.6 is 0 Å². The fourth-order valence-corrected chi connectivity index (χ4v) is 2.42. The van der Waals surface area contributed by atoms with E-state index in [-0.39, 0.29) is 0 Å². The number of aromatic nitrogens is 4. The Labute approximate surface area is 109 Å². The predicted octanol–water partition coefficient (Wildman–Crippen LogP) is 1.14. The van der Waals surface area contributed by atoms with Crippen molar-refractivity contribution in [1.29, 1.82) is 0 Å². The standard InChI is InChI=1S/C12H15FN4O2/c1-3-7-8(13)10(18)12(19-7)17-5-16-9-6(2)14-4-15-11(9)17/h4-5,7-8,10,12,18H,3H2,1-2H3/t7?,8-,10?,12?/m0/s1. The number of aryl methyl sites for hydroxylation is 1. The molecule has 1 aliphatic rings. The van der Waals surface area contributed by atoms with Gasteiger partial charge in [0, 0.05) is 0 Å². The van der Waals surface area contributed by atoms with Crippen molar-refractivity contribution >= 4 is 11.2 Å². The summed E-state index contributed by atoms with van der Waals surface area (Å²) in [5, 5.41) is 9.97. The Balaban J connectivity index is 2.04. The van der Waals surface area contributed by atoms with Gasteiger partial charge in [-0.15, -0.1) is 0 Å². The highest BCUT2D eigenvalue weighted by atomic mass is 19.1. The Morgan fingerprint density at radius 3 is 2.89 bits per heavy atom. The fraction of sp³-hybridized carbons (Fsp3) is 0.583. The number of aliphatic hydroxyl groups is 1. The third kappa shape index (κ3) is 1.81. The van der Waals surface area contributed by atoms with Gasteiger partial charge in [0.2, 0.25) is 0 Å². The summed E-state index contributed by atoms with van der Waals surface area (Å²) in [6.45, 7) is 3.64. The molecule has 3 rings (SSSR count). The Morgan fingerprint density at radius 2 is 2.21 bits per heavy atom. The predicted molar refractivity (Wildman–Crippen MR) is 65.2 cm³/mol. The summed E-state index contributed by atoms with van der Waals surface area (Å²) in [7, 11) is 0. The van der Waals surface area contributed by atoms with E-state index < -0.39 is 24.6 Å². The highest BCUT2D eigenvalue weighted by Gasteiger charge is 2.44. The summed E-state index contributed by atoms with van der Waals surface area (Å²) in [5.41, 5.74) is 1.91. The first-order valence-corrected chi connectivity index (χ1v) is 6.25. The molecule has 6 nitrogen and oxygen atoms in total. The Bertz CT molecular complexity index is 602. The van der Waals surface area contributed by atoms with Gasteiger partial charge in [-0.2, -0.15) is 0 Å². The number of halogens is 1. The summed E-state index contributed by atoms with van der Waals surface area (Å²) in [6, 6.07) is 0. The van der Waals surface area contributed by atoms with E-state index in [1.54, 1.807) is 4.57 Å². The minimum absolute atomic E-state index is 0.509. The number of aliphatic hydroxyl groups excluding tert-OH is 1. The van der Waals surface area contributed by atoms with Crippen molar-refractivity contribution in [2.75, 3.05) is 0 Å². The Hall–Kier alpha value is -1.60. The Morgan fingerprint density at radius 1 is 1.42 bits per heavy atom. The van der Waals surface area contributed by atoms with Crippen LogP contribution < -0.4 is 0 Å². The average molecular weight is 266 g/mol. The van der Waals surface area contributed by atoms with Crippen molar-refractivity contribution in [2.24, 2.45) is 0 Å². The molecule has 19 heavy (non-hydrogen) atoms. The zero-order valence-electron chi connectivity index (χ0n) is 10.7. The molecule has 1 N–H and O–H groups in total. The largest absolute Gasteiger partial charge is 0.385 e. The Kier molecular flexibility index (Phi) is 2.94. The molecule has 7 heteroatoms. The normalized spacial score (nSPS) is 31.2. The van der Waals surface area contributed by atoms with E-state index in [1.807, 2.05) is 13.8 Å². The van der Waals surface area contributed by atoms with E-state index in [2.05, 4.69) is 15.0 Å². The summed E-state index contributed by atoms with van der Waals surface area (Å²) >= 11 is 0. The molecule has 1 aliphatic heterocycles. The molecule has 3 unspecified atom stereocenters. The lowest BCUT2D eigenvalue weighted by Gasteiger charge is -2.16. The van der Waals surface area contributed by atoms with Crippen LogP contribution in [0.4, 0.5) is 4.39 Å². The molecule has 0 saturated carbocycles. The third-order valence-corrected chi connectivity index (χ3v) is 3.51. The SMILES string of the molecule is CCC1OC(n2cnc3c(C)ncnc32)C(O)[C@H]1F. The lowest BCUT2D eigenvalue weighted by Crippen LogP contribution is -2.27. The highest BCUT2D eigenvalue weighted by molar-refractivity contribution is 5.72. The van der Waals surface area contributed by atoms with Gasteiger partial charge in [0.25, 0.3) is 0 Å². The van der Waals surface area contributed by atoms with Crippen LogP contribution in [0, 0.1) is 6.92 Å². The molecular formula is C12H15FN4O2. The topological polar surface area (TPSA) is 73.1 Å². The smallest absolute Gasteiger partial charge is 0.166 e. The molecule has 4 atom stereocenters. The van der Waals surface area contributed by atoms with E-state index in [4.69, 9.17) is 4.74 Å². The number of ether oxygens (including phenoxy) is 1. The number of rotatable bonds is 2. The number of hydrogen-bond donors (Lipinski definition) is 1. The van der Waals surface area contributed by atoms with Crippen LogP contribution in [-0.4, -0.2) is 43.0 Å². The molecule has 1 fully saturated rings. The monoisotopic (exact) mass is 266 g/mol. The van der Waals surface area contributed by atoms with E-state index >= 15 is 0 Å². The summed E-state index contributed by atoms with van der Waals surface area (Å²) in [4.78, 5) is 12.4. The number of imidazole rings is 1.